The number of rotatable bonds is 7. The molecule has 8 heteroatoms. The summed E-state index contributed by atoms with van der Waals surface area (Å²) in [6, 6.07) is 5.23. The van der Waals surface area contributed by atoms with Crippen LogP contribution in [-0.4, -0.2) is 85.2 Å². The molecule has 1 aromatic rings. The lowest BCUT2D eigenvalue weighted by Gasteiger charge is -2.47. The first-order valence-corrected chi connectivity index (χ1v) is 13.2. The molecule has 0 bridgehead atoms. The Bertz CT molecular complexity index is 917. The van der Waals surface area contributed by atoms with Crippen molar-refractivity contribution in [2.24, 2.45) is 0 Å². The minimum absolute atomic E-state index is 0.220. The zero-order valence-electron chi connectivity index (χ0n) is 22.8. The Balaban J connectivity index is 1.28. The van der Waals surface area contributed by atoms with Crippen LogP contribution in [0, 0.1) is 5.82 Å². The summed E-state index contributed by atoms with van der Waals surface area (Å²) in [5, 5.41) is 0. The van der Waals surface area contributed by atoms with Gasteiger partial charge in [0, 0.05) is 25.1 Å². The molecule has 3 aliphatic rings. The number of piperidine rings is 1. The fourth-order valence-corrected chi connectivity index (χ4v) is 5.43. The third-order valence-electron chi connectivity index (χ3n) is 7.77. The molecular weight excluding hydrogens is 463 g/mol. The molecule has 1 atom stereocenters. The van der Waals surface area contributed by atoms with E-state index in [1.807, 2.05) is 34.6 Å². The van der Waals surface area contributed by atoms with Gasteiger partial charge in [-0.15, -0.1) is 0 Å². The second-order valence-corrected chi connectivity index (χ2v) is 12.2. The highest BCUT2D eigenvalue weighted by Gasteiger charge is 2.53. The average molecular weight is 507 g/mol. The number of nitrogens with zero attached hydrogens (tertiary/aromatic N) is 2. The SMILES string of the molecule is COC(C)(C)CCOc1ccc(F)cc1C1CCN([C@@H]2COC3(C2)CN(C(=O)OC(C)(C)C)C3)CC1. The van der Waals surface area contributed by atoms with Crippen LogP contribution in [0.1, 0.15) is 71.8 Å². The summed E-state index contributed by atoms with van der Waals surface area (Å²) < 4.78 is 37.4. The number of likely N-dealkylation sites (tertiary alicyclic amines) is 2. The van der Waals surface area contributed by atoms with Crippen LogP contribution in [0.4, 0.5) is 9.18 Å². The number of benzene rings is 1. The molecule has 4 rings (SSSR count). The quantitative estimate of drug-likeness (QED) is 0.520. The Hall–Kier alpha value is -1.90. The Morgan fingerprint density at radius 3 is 2.50 bits per heavy atom. The fraction of sp³-hybridized carbons (Fsp3) is 0.750. The van der Waals surface area contributed by atoms with Gasteiger partial charge in [-0.1, -0.05) is 0 Å². The first-order chi connectivity index (χ1) is 16.9. The normalized spacial score (nSPS) is 23.1. The summed E-state index contributed by atoms with van der Waals surface area (Å²) in [4.78, 5) is 16.5. The second-order valence-electron chi connectivity index (χ2n) is 12.2. The van der Waals surface area contributed by atoms with Gasteiger partial charge in [-0.05, 0) is 91.1 Å². The minimum atomic E-state index is -0.490. The lowest BCUT2D eigenvalue weighted by atomic mass is 9.86. The van der Waals surface area contributed by atoms with Gasteiger partial charge in [-0.3, -0.25) is 4.90 Å². The van der Waals surface area contributed by atoms with Crippen LogP contribution in [0.3, 0.4) is 0 Å². The number of carbonyl (C=O) groups is 1. The summed E-state index contributed by atoms with van der Waals surface area (Å²) in [6.07, 6.45) is 3.34. The van der Waals surface area contributed by atoms with Gasteiger partial charge in [0.25, 0.3) is 0 Å². The van der Waals surface area contributed by atoms with Gasteiger partial charge in [-0.25, -0.2) is 9.18 Å². The Labute approximate surface area is 215 Å². The van der Waals surface area contributed by atoms with Crippen molar-refractivity contribution >= 4 is 6.09 Å². The largest absolute Gasteiger partial charge is 0.493 e. The molecule has 0 unspecified atom stereocenters. The molecule has 3 fully saturated rings. The number of hydrogen-bond donors (Lipinski definition) is 0. The number of methoxy groups -OCH3 is 1. The molecule has 0 radical (unpaired) electrons. The van der Waals surface area contributed by atoms with Crippen molar-refractivity contribution < 1.29 is 28.1 Å². The lowest BCUT2D eigenvalue weighted by Crippen LogP contribution is -2.64. The van der Waals surface area contributed by atoms with E-state index in [2.05, 4.69) is 4.90 Å². The molecule has 0 aliphatic carbocycles. The molecule has 36 heavy (non-hydrogen) atoms. The van der Waals surface area contributed by atoms with Crippen LogP contribution in [-0.2, 0) is 14.2 Å². The van der Waals surface area contributed by atoms with Crippen molar-refractivity contribution in [3.05, 3.63) is 29.6 Å². The smallest absolute Gasteiger partial charge is 0.410 e. The first kappa shape index (κ1) is 27.1. The van der Waals surface area contributed by atoms with E-state index < -0.39 is 5.60 Å². The molecule has 7 nitrogen and oxygen atoms in total. The summed E-state index contributed by atoms with van der Waals surface area (Å²) in [5.74, 6) is 0.828. The van der Waals surface area contributed by atoms with Crippen molar-refractivity contribution in [3.63, 3.8) is 0 Å². The van der Waals surface area contributed by atoms with Gasteiger partial charge < -0.3 is 23.8 Å². The standard InChI is InChI=1S/C28H43FN2O5/c1-26(2,3)36-25(32)31-18-28(19-31)16-22(17-35-28)30-12-9-20(10-13-30)23-15-21(29)7-8-24(23)34-14-11-27(4,5)33-6/h7-8,15,20,22H,9-14,16-19H2,1-6H3/t22-/m0/s1. The molecule has 3 aliphatic heterocycles. The molecule has 3 saturated heterocycles. The van der Waals surface area contributed by atoms with E-state index >= 15 is 0 Å². The van der Waals surface area contributed by atoms with E-state index in [1.165, 1.54) is 6.07 Å². The Morgan fingerprint density at radius 2 is 1.86 bits per heavy atom. The summed E-state index contributed by atoms with van der Waals surface area (Å²) in [7, 11) is 1.70. The maximum atomic E-state index is 14.2. The van der Waals surface area contributed by atoms with Gasteiger partial charge in [0.2, 0.25) is 0 Å². The molecule has 0 aromatic heterocycles. The van der Waals surface area contributed by atoms with Crippen LogP contribution < -0.4 is 4.74 Å². The number of amides is 1. The van der Waals surface area contributed by atoms with Crippen molar-refractivity contribution in [2.75, 3.05) is 46.5 Å². The average Bonchev–Trinajstić information content (AvgIpc) is 3.24. The van der Waals surface area contributed by atoms with E-state index in [0.29, 0.717) is 32.3 Å². The fourth-order valence-electron chi connectivity index (χ4n) is 5.43. The molecule has 1 aromatic carbocycles. The van der Waals surface area contributed by atoms with Gasteiger partial charge in [0.15, 0.2) is 0 Å². The Morgan fingerprint density at radius 1 is 1.17 bits per heavy atom. The number of hydrogen-bond acceptors (Lipinski definition) is 6. The van der Waals surface area contributed by atoms with Crippen molar-refractivity contribution in [1.82, 2.24) is 9.80 Å². The highest BCUT2D eigenvalue weighted by Crippen LogP contribution is 2.40. The number of carbonyl (C=O) groups excluding carboxylic acids is 1. The van der Waals surface area contributed by atoms with Crippen LogP contribution in [0.5, 0.6) is 5.75 Å². The van der Waals surface area contributed by atoms with Gasteiger partial charge in [-0.2, -0.15) is 0 Å². The molecule has 202 valence electrons. The molecule has 1 amide bonds. The minimum Gasteiger partial charge on any atom is -0.493 e. The molecule has 0 N–H and O–H groups in total. The van der Waals surface area contributed by atoms with E-state index in [9.17, 15) is 9.18 Å². The summed E-state index contributed by atoms with van der Waals surface area (Å²) in [5.41, 5.74) is -0.0127. The number of halogens is 1. The van der Waals surface area contributed by atoms with Gasteiger partial charge >= 0.3 is 6.09 Å². The molecule has 0 saturated carbocycles. The van der Waals surface area contributed by atoms with E-state index in [4.69, 9.17) is 18.9 Å². The Kier molecular flexibility index (Phi) is 7.89. The second kappa shape index (κ2) is 10.5. The zero-order chi connectivity index (χ0) is 26.1. The van der Waals surface area contributed by atoms with Gasteiger partial charge in [0.1, 0.15) is 22.8 Å². The first-order valence-electron chi connectivity index (χ1n) is 13.2. The van der Waals surface area contributed by atoms with Crippen LogP contribution in [0.2, 0.25) is 0 Å². The van der Waals surface area contributed by atoms with Gasteiger partial charge in [0.05, 0.1) is 31.9 Å². The van der Waals surface area contributed by atoms with Crippen LogP contribution >= 0.6 is 0 Å². The summed E-state index contributed by atoms with van der Waals surface area (Å²) >= 11 is 0. The van der Waals surface area contributed by atoms with Crippen molar-refractivity contribution in [3.8, 4) is 5.75 Å². The van der Waals surface area contributed by atoms with E-state index in [-0.39, 0.29) is 29.0 Å². The van der Waals surface area contributed by atoms with Crippen LogP contribution in [0.15, 0.2) is 18.2 Å². The lowest BCUT2D eigenvalue weighted by molar-refractivity contribution is -0.109. The molecule has 3 heterocycles. The molecular formula is C28H43FN2O5. The topological polar surface area (TPSA) is 60.5 Å². The van der Waals surface area contributed by atoms with E-state index in [1.54, 1.807) is 24.1 Å². The molecule has 1 spiro atoms. The monoisotopic (exact) mass is 506 g/mol. The highest BCUT2D eigenvalue weighted by atomic mass is 19.1. The number of ether oxygens (including phenoxy) is 4. The summed E-state index contributed by atoms with van der Waals surface area (Å²) in [6.45, 7) is 14.0. The maximum Gasteiger partial charge on any atom is 0.410 e. The van der Waals surface area contributed by atoms with E-state index in [0.717, 1.165) is 50.1 Å². The predicted molar refractivity (Wildman–Crippen MR) is 136 cm³/mol. The zero-order valence-corrected chi connectivity index (χ0v) is 22.8. The third-order valence-corrected chi connectivity index (χ3v) is 7.77. The third kappa shape index (κ3) is 6.50. The van der Waals surface area contributed by atoms with Crippen molar-refractivity contribution in [1.29, 1.82) is 0 Å². The van der Waals surface area contributed by atoms with Crippen molar-refractivity contribution in [2.45, 2.75) is 89.1 Å². The highest BCUT2D eigenvalue weighted by molar-refractivity contribution is 5.69. The predicted octanol–water partition coefficient (Wildman–Crippen LogP) is 4.98. The maximum absolute atomic E-state index is 14.2. The van der Waals surface area contributed by atoms with Crippen LogP contribution in [0.25, 0.3) is 0 Å².